The van der Waals surface area contributed by atoms with Crippen molar-refractivity contribution in [3.63, 3.8) is 0 Å². The number of carbonyl (C=O) groups excluding carboxylic acids is 1. The lowest BCUT2D eigenvalue weighted by atomic mass is 10.1. The van der Waals surface area contributed by atoms with Crippen LogP contribution >= 0.6 is 0 Å². The number of hydrogen-bond donors (Lipinski definition) is 1. The summed E-state index contributed by atoms with van der Waals surface area (Å²) in [5, 5.41) is 2.91. The Morgan fingerprint density at radius 2 is 1.68 bits per heavy atom. The first-order valence-electron chi connectivity index (χ1n) is 7.61. The van der Waals surface area contributed by atoms with Crippen LogP contribution in [0.5, 0.6) is 5.75 Å². The third-order valence-corrected chi connectivity index (χ3v) is 3.41. The molecular formula is C18H19F3N2O2. The fourth-order valence-corrected chi connectivity index (χ4v) is 2.33. The minimum Gasteiger partial charge on any atom is -0.406 e. The fourth-order valence-electron chi connectivity index (χ4n) is 2.33. The van der Waals surface area contributed by atoms with Crippen LogP contribution in [0.15, 0.2) is 54.6 Å². The smallest absolute Gasteiger partial charge is 0.406 e. The lowest BCUT2D eigenvalue weighted by Crippen LogP contribution is -2.35. The van der Waals surface area contributed by atoms with Crippen molar-refractivity contribution in [2.45, 2.75) is 12.4 Å². The molecule has 0 spiro atoms. The number of alkyl halides is 3. The molecule has 0 aliphatic carbocycles. The number of likely N-dealkylation sites (N-methyl/N-ethyl adjacent to an activating group) is 1. The van der Waals surface area contributed by atoms with E-state index in [2.05, 4.69) is 10.1 Å². The summed E-state index contributed by atoms with van der Waals surface area (Å²) in [5.74, 6) is -0.730. The van der Waals surface area contributed by atoms with E-state index < -0.39 is 6.36 Å². The number of ether oxygens (including phenoxy) is 1. The van der Waals surface area contributed by atoms with E-state index in [1.165, 1.54) is 12.1 Å². The van der Waals surface area contributed by atoms with Crippen molar-refractivity contribution >= 4 is 5.91 Å². The molecule has 7 heteroatoms. The van der Waals surface area contributed by atoms with E-state index in [4.69, 9.17) is 0 Å². The second-order valence-corrected chi connectivity index (χ2v) is 5.77. The van der Waals surface area contributed by atoms with Gasteiger partial charge in [-0.25, -0.2) is 0 Å². The Labute approximate surface area is 144 Å². The van der Waals surface area contributed by atoms with Gasteiger partial charge in [0, 0.05) is 12.1 Å². The van der Waals surface area contributed by atoms with Crippen molar-refractivity contribution in [2.75, 3.05) is 20.6 Å². The molecule has 1 N–H and O–H groups in total. The molecule has 0 aromatic heterocycles. The van der Waals surface area contributed by atoms with Gasteiger partial charge in [-0.05, 0) is 43.9 Å². The molecule has 0 aliphatic rings. The molecule has 0 heterocycles. The summed E-state index contributed by atoms with van der Waals surface area (Å²) < 4.78 is 40.3. The van der Waals surface area contributed by atoms with Gasteiger partial charge in [0.2, 0.25) is 0 Å². The van der Waals surface area contributed by atoms with Crippen LogP contribution in [0.2, 0.25) is 0 Å². The van der Waals surface area contributed by atoms with Crippen LogP contribution in [-0.2, 0) is 0 Å². The molecule has 1 amide bonds. The van der Waals surface area contributed by atoms with E-state index in [0.717, 1.165) is 17.7 Å². The van der Waals surface area contributed by atoms with E-state index in [-0.39, 0.29) is 23.3 Å². The van der Waals surface area contributed by atoms with E-state index in [1.807, 2.05) is 49.3 Å². The highest BCUT2D eigenvalue weighted by Gasteiger charge is 2.31. The van der Waals surface area contributed by atoms with Crippen molar-refractivity contribution in [3.8, 4) is 5.75 Å². The monoisotopic (exact) mass is 352 g/mol. The van der Waals surface area contributed by atoms with Crippen LogP contribution in [0.4, 0.5) is 13.2 Å². The average Bonchev–Trinajstić information content (AvgIpc) is 2.54. The molecular weight excluding hydrogens is 333 g/mol. The Kier molecular flexibility index (Phi) is 6.03. The van der Waals surface area contributed by atoms with Crippen LogP contribution in [0.3, 0.4) is 0 Å². The van der Waals surface area contributed by atoms with E-state index >= 15 is 0 Å². The minimum absolute atomic E-state index is 0.241. The van der Waals surface area contributed by atoms with Crippen LogP contribution in [0.1, 0.15) is 22.0 Å². The first-order valence-corrected chi connectivity index (χ1v) is 7.61. The first kappa shape index (κ1) is 18.8. The maximum Gasteiger partial charge on any atom is 0.573 e. The molecule has 0 unspecified atom stereocenters. The number of nitrogens with zero attached hydrogens (tertiary/aromatic N) is 1. The normalized spacial score (nSPS) is 12.7. The second kappa shape index (κ2) is 8.02. The summed E-state index contributed by atoms with van der Waals surface area (Å²) in [4.78, 5) is 14.4. The Balaban J connectivity index is 2.10. The highest BCUT2D eigenvalue weighted by Crippen LogP contribution is 2.23. The minimum atomic E-state index is -4.76. The van der Waals surface area contributed by atoms with Gasteiger partial charge in [0.05, 0.1) is 6.04 Å². The quantitative estimate of drug-likeness (QED) is 0.863. The average molecular weight is 352 g/mol. The van der Waals surface area contributed by atoms with Gasteiger partial charge in [-0.2, -0.15) is 0 Å². The second-order valence-electron chi connectivity index (χ2n) is 5.77. The molecule has 2 aromatic rings. The Morgan fingerprint density at radius 1 is 1.08 bits per heavy atom. The largest absolute Gasteiger partial charge is 0.573 e. The lowest BCUT2D eigenvalue weighted by Gasteiger charge is -2.23. The number of carbonyl (C=O) groups is 1. The van der Waals surface area contributed by atoms with Gasteiger partial charge in [0.15, 0.2) is 0 Å². The molecule has 25 heavy (non-hydrogen) atoms. The molecule has 2 rings (SSSR count). The van der Waals surface area contributed by atoms with Crippen molar-refractivity contribution in [1.82, 2.24) is 10.2 Å². The van der Waals surface area contributed by atoms with Crippen molar-refractivity contribution in [2.24, 2.45) is 0 Å². The van der Waals surface area contributed by atoms with Crippen molar-refractivity contribution < 1.29 is 22.7 Å². The summed E-state index contributed by atoms with van der Waals surface area (Å²) in [5.41, 5.74) is 1.20. The molecule has 0 aliphatic heterocycles. The van der Waals surface area contributed by atoms with Gasteiger partial charge >= 0.3 is 6.36 Å². The van der Waals surface area contributed by atoms with Gasteiger partial charge in [-0.3, -0.25) is 4.79 Å². The number of nitrogens with one attached hydrogen (secondary N) is 1. The van der Waals surface area contributed by atoms with Crippen molar-refractivity contribution in [1.29, 1.82) is 0 Å². The van der Waals surface area contributed by atoms with Crippen molar-refractivity contribution in [3.05, 3.63) is 65.7 Å². The lowest BCUT2D eigenvalue weighted by molar-refractivity contribution is -0.274. The topological polar surface area (TPSA) is 41.6 Å². The predicted molar refractivity (Wildman–Crippen MR) is 88.3 cm³/mol. The number of amides is 1. The molecule has 4 nitrogen and oxygen atoms in total. The van der Waals surface area contributed by atoms with Gasteiger partial charge < -0.3 is 15.0 Å². The number of hydrogen-bond acceptors (Lipinski definition) is 3. The van der Waals surface area contributed by atoms with Crippen LogP contribution in [0, 0.1) is 0 Å². The van der Waals surface area contributed by atoms with Crippen LogP contribution in [-0.4, -0.2) is 37.8 Å². The third-order valence-electron chi connectivity index (χ3n) is 3.41. The fraction of sp³-hybridized carbons (Fsp3) is 0.278. The Hall–Kier alpha value is -2.54. The Bertz CT molecular complexity index is 686. The summed E-state index contributed by atoms with van der Waals surface area (Å²) in [7, 11) is 3.79. The third kappa shape index (κ3) is 6.11. The molecule has 0 saturated carbocycles. The van der Waals surface area contributed by atoms with Gasteiger partial charge in [-0.15, -0.1) is 13.2 Å². The summed E-state index contributed by atoms with van der Waals surface area (Å²) >= 11 is 0. The van der Waals surface area contributed by atoms with E-state index in [9.17, 15) is 18.0 Å². The van der Waals surface area contributed by atoms with Gasteiger partial charge in [-0.1, -0.05) is 30.3 Å². The maximum atomic E-state index is 12.4. The molecule has 2 aromatic carbocycles. The zero-order chi connectivity index (χ0) is 18.4. The zero-order valence-electron chi connectivity index (χ0n) is 13.9. The van der Waals surface area contributed by atoms with Gasteiger partial charge in [0.1, 0.15) is 5.75 Å². The summed E-state index contributed by atoms with van der Waals surface area (Å²) in [6.07, 6.45) is -4.76. The highest BCUT2D eigenvalue weighted by atomic mass is 19.4. The highest BCUT2D eigenvalue weighted by molar-refractivity contribution is 5.94. The first-order chi connectivity index (χ1) is 11.7. The molecule has 0 bridgehead atoms. The standard InChI is InChI=1S/C18H19F3N2O2/c1-23(2)12-16(13-6-4-3-5-7-13)22-17(24)14-8-10-15(11-9-14)25-18(19,20)21/h3-11,16H,12H2,1-2H3,(H,22,24)/t16-/m1/s1. The zero-order valence-corrected chi connectivity index (χ0v) is 13.9. The summed E-state index contributed by atoms with van der Waals surface area (Å²) in [6.45, 7) is 0.588. The molecule has 1 atom stereocenters. The molecule has 0 radical (unpaired) electrons. The molecule has 0 saturated heterocycles. The van der Waals surface area contributed by atoms with Gasteiger partial charge in [0.25, 0.3) is 5.91 Å². The maximum absolute atomic E-state index is 12.4. The molecule has 0 fully saturated rings. The number of benzene rings is 2. The number of rotatable bonds is 6. The SMILES string of the molecule is CN(C)C[C@@H](NC(=O)c1ccc(OC(F)(F)F)cc1)c1ccccc1. The van der Waals surface area contributed by atoms with E-state index in [1.54, 1.807) is 0 Å². The predicted octanol–water partition coefficient (Wildman–Crippen LogP) is 3.62. The van der Waals surface area contributed by atoms with E-state index in [0.29, 0.717) is 6.54 Å². The molecule has 134 valence electrons. The number of halogens is 3. The van der Waals surface area contributed by atoms with Crippen LogP contribution in [0.25, 0.3) is 0 Å². The summed E-state index contributed by atoms with van der Waals surface area (Å²) in [6, 6.07) is 14.1. The van der Waals surface area contributed by atoms with Crippen LogP contribution < -0.4 is 10.1 Å². The Morgan fingerprint density at radius 3 is 2.20 bits per heavy atom.